The molecule has 1 aromatic carbocycles. The van der Waals surface area contributed by atoms with Gasteiger partial charge in [0.15, 0.2) is 0 Å². The van der Waals surface area contributed by atoms with Crippen molar-refractivity contribution in [1.82, 2.24) is 4.90 Å². The summed E-state index contributed by atoms with van der Waals surface area (Å²) in [6.07, 6.45) is 4.20. The minimum atomic E-state index is -0.462. The number of carbonyl (C=O) groups is 1. The van der Waals surface area contributed by atoms with Crippen LogP contribution < -0.4 is 4.74 Å². The van der Waals surface area contributed by atoms with Gasteiger partial charge in [-0.05, 0) is 38.2 Å². The second-order valence-electron chi connectivity index (χ2n) is 6.11. The molecule has 0 aliphatic heterocycles. The molecule has 2 saturated carbocycles. The van der Waals surface area contributed by atoms with Crippen LogP contribution in [0.25, 0.3) is 0 Å². The van der Waals surface area contributed by atoms with E-state index in [9.17, 15) is 9.90 Å². The molecule has 2 fully saturated rings. The number of aliphatic hydroxyl groups is 1. The Morgan fingerprint density at radius 1 is 1.29 bits per heavy atom. The highest BCUT2D eigenvalue weighted by molar-refractivity contribution is 5.80. The molecule has 4 heteroatoms. The molecule has 1 aromatic rings. The maximum Gasteiger partial charge on any atom is 0.228 e. The monoisotopic (exact) mass is 289 g/mol. The molecule has 0 heterocycles. The summed E-state index contributed by atoms with van der Waals surface area (Å²) < 4.78 is 5.39. The molecule has 2 atom stereocenters. The molecule has 0 radical (unpaired) electrons. The SMILES string of the molecule is COc1ccccc1CN(C(=O)C1CCCC1O)C1CC1. The van der Waals surface area contributed by atoms with E-state index in [1.165, 1.54) is 0 Å². The fourth-order valence-corrected chi connectivity index (χ4v) is 3.23. The molecule has 0 saturated heterocycles. The van der Waals surface area contributed by atoms with Crippen molar-refractivity contribution >= 4 is 5.91 Å². The Bertz CT molecular complexity index is 513. The van der Waals surface area contributed by atoms with E-state index in [4.69, 9.17) is 4.74 Å². The van der Waals surface area contributed by atoms with Crippen molar-refractivity contribution in [2.24, 2.45) is 5.92 Å². The predicted octanol–water partition coefficient (Wildman–Crippen LogP) is 2.35. The molecular weight excluding hydrogens is 266 g/mol. The third kappa shape index (κ3) is 3.05. The number of aliphatic hydroxyl groups excluding tert-OH is 1. The van der Waals surface area contributed by atoms with Crippen molar-refractivity contribution in [1.29, 1.82) is 0 Å². The van der Waals surface area contributed by atoms with E-state index >= 15 is 0 Å². The van der Waals surface area contributed by atoms with E-state index in [0.717, 1.165) is 43.4 Å². The normalized spacial score (nSPS) is 24.9. The lowest BCUT2D eigenvalue weighted by atomic mass is 10.0. The van der Waals surface area contributed by atoms with Crippen molar-refractivity contribution in [2.45, 2.75) is 50.8 Å². The molecular formula is C17H23NO3. The van der Waals surface area contributed by atoms with E-state index in [0.29, 0.717) is 12.6 Å². The number of rotatable bonds is 5. The summed E-state index contributed by atoms with van der Waals surface area (Å²) in [5.41, 5.74) is 1.03. The van der Waals surface area contributed by atoms with Crippen molar-refractivity contribution < 1.29 is 14.6 Å². The molecule has 0 bridgehead atoms. The summed E-state index contributed by atoms with van der Waals surface area (Å²) in [6, 6.07) is 8.18. The molecule has 2 aliphatic rings. The summed E-state index contributed by atoms with van der Waals surface area (Å²) in [5, 5.41) is 10.0. The molecule has 1 amide bonds. The third-order valence-electron chi connectivity index (χ3n) is 4.60. The van der Waals surface area contributed by atoms with Gasteiger partial charge in [-0.3, -0.25) is 4.79 Å². The largest absolute Gasteiger partial charge is 0.496 e. The Morgan fingerprint density at radius 2 is 2.05 bits per heavy atom. The highest BCUT2D eigenvalue weighted by Gasteiger charge is 2.40. The van der Waals surface area contributed by atoms with E-state index in [1.54, 1.807) is 7.11 Å². The number of para-hydroxylation sites is 1. The third-order valence-corrected chi connectivity index (χ3v) is 4.60. The first-order valence-corrected chi connectivity index (χ1v) is 7.81. The molecule has 2 unspecified atom stereocenters. The van der Waals surface area contributed by atoms with Gasteiger partial charge in [0.1, 0.15) is 5.75 Å². The molecule has 0 spiro atoms. The summed E-state index contributed by atoms with van der Waals surface area (Å²) in [7, 11) is 1.66. The number of ether oxygens (including phenoxy) is 1. The van der Waals surface area contributed by atoms with Gasteiger partial charge in [-0.15, -0.1) is 0 Å². The smallest absolute Gasteiger partial charge is 0.228 e. The highest BCUT2D eigenvalue weighted by Crippen LogP contribution is 2.35. The van der Waals surface area contributed by atoms with Crippen LogP contribution in [0.15, 0.2) is 24.3 Å². The van der Waals surface area contributed by atoms with Crippen LogP contribution in [0.2, 0.25) is 0 Å². The molecule has 4 nitrogen and oxygen atoms in total. The second kappa shape index (κ2) is 6.06. The average Bonchev–Trinajstić information content (AvgIpc) is 3.25. The number of methoxy groups -OCH3 is 1. The average molecular weight is 289 g/mol. The van der Waals surface area contributed by atoms with Crippen molar-refractivity contribution in [3.05, 3.63) is 29.8 Å². The lowest BCUT2D eigenvalue weighted by molar-refractivity contribution is -0.139. The van der Waals surface area contributed by atoms with Crippen LogP contribution in [0.5, 0.6) is 5.75 Å². The van der Waals surface area contributed by atoms with Gasteiger partial charge in [0.25, 0.3) is 0 Å². The molecule has 21 heavy (non-hydrogen) atoms. The summed E-state index contributed by atoms with van der Waals surface area (Å²) in [4.78, 5) is 14.7. The van der Waals surface area contributed by atoms with Crippen molar-refractivity contribution in [2.75, 3.05) is 7.11 Å². The molecule has 1 N–H and O–H groups in total. The van der Waals surface area contributed by atoms with Crippen LogP contribution in [0.1, 0.15) is 37.7 Å². The standard InChI is InChI=1S/C17H23NO3/c1-21-16-8-3-2-5-12(16)11-18(13-9-10-13)17(20)14-6-4-7-15(14)19/h2-3,5,8,13-15,19H,4,6-7,9-11H2,1H3. The maximum atomic E-state index is 12.8. The van der Waals surface area contributed by atoms with E-state index in [-0.39, 0.29) is 11.8 Å². The van der Waals surface area contributed by atoms with Gasteiger partial charge in [0.05, 0.1) is 19.1 Å². The van der Waals surface area contributed by atoms with Gasteiger partial charge < -0.3 is 14.7 Å². The minimum Gasteiger partial charge on any atom is -0.496 e. The molecule has 3 rings (SSSR count). The predicted molar refractivity (Wildman–Crippen MR) is 79.9 cm³/mol. The van der Waals surface area contributed by atoms with E-state index in [2.05, 4.69) is 0 Å². The zero-order valence-electron chi connectivity index (χ0n) is 12.5. The van der Waals surface area contributed by atoms with Crippen LogP contribution in [0, 0.1) is 5.92 Å². The van der Waals surface area contributed by atoms with E-state index in [1.807, 2.05) is 29.2 Å². The zero-order chi connectivity index (χ0) is 14.8. The van der Waals surface area contributed by atoms with Gasteiger partial charge in [-0.2, -0.15) is 0 Å². The first kappa shape index (κ1) is 14.4. The van der Waals surface area contributed by atoms with Crippen LogP contribution in [0.3, 0.4) is 0 Å². The maximum absolute atomic E-state index is 12.8. The topological polar surface area (TPSA) is 49.8 Å². The quantitative estimate of drug-likeness (QED) is 0.905. The second-order valence-corrected chi connectivity index (χ2v) is 6.11. The summed E-state index contributed by atoms with van der Waals surface area (Å²) in [6.45, 7) is 0.580. The lowest BCUT2D eigenvalue weighted by Gasteiger charge is -2.27. The number of amides is 1. The lowest BCUT2D eigenvalue weighted by Crippen LogP contribution is -2.40. The van der Waals surface area contributed by atoms with Crippen LogP contribution in [-0.2, 0) is 11.3 Å². The zero-order valence-corrected chi connectivity index (χ0v) is 12.5. The Balaban J connectivity index is 1.77. The van der Waals surface area contributed by atoms with E-state index < -0.39 is 6.10 Å². The van der Waals surface area contributed by atoms with Gasteiger partial charge in [-0.25, -0.2) is 0 Å². The van der Waals surface area contributed by atoms with Crippen molar-refractivity contribution in [3.8, 4) is 5.75 Å². The summed E-state index contributed by atoms with van der Waals surface area (Å²) in [5.74, 6) is 0.733. The molecule has 114 valence electrons. The number of hydrogen-bond acceptors (Lipinski definition) is 3. The van der Waals surface area contributed by atoms with Crippen molar-refractivity contribution in [3.63, 3.8) is 0 Å². The number of hydrogen-bond donors (Lipinski definition) is 1. The van der Waals surface area contributed by atoms with Crippen LogP contribution in [0.4, 0.5) is 0 Å². The van der Waals surface area contributed by atoms with Gasteiger partial charge >= 0.3 is 0 Å². The Kier molecular flexibility index (Phi) is 4.15. The fourth-order valence-electron chi connectivity index (χ4n) is 3.23. The Hall–Kier alpha value is -1.55. The number of benzene rings is 1. The fraction of sp³-hybridized carbons (Fsp3) is 0.588. The minimum absolute atomic E-state index is 0.119. The first-order valence-electron chi connectivity index (χ1n) is 7.81. The highest BCUT2D eigenvalue weighted by atomic mass is 16.5. The van der Waals surface area contributed by atoms with Gasteiger partial charge in [0.2, 0.25) is 5.91 Å². The Labute approximate surface area is 125 Å². The van der Waals surface area contributed by atoms with Crippen LogP contribution in [-0.4, -0.2) is 35.2 Å². The Morgan fingerprint density at radius 3 is 2.67 bits per heavy atom. The number of nitrogens with zero attached hydrogens (tertiary/aromatic N) is 1. The van der Waals surface area contributed by atoms with Gasteiger partial charge in [-0.1, -0.05) is 18.2 Å². The van der Waals surface area contributed by atoms with Crippen LogP contribution >= 0.6 is 0 Å². The number of carbonyl (C=O) groups excluding carboxylic acids is 1. The molecule has 2 aliphatic carbocycles. The molecule has 0 aromatic heterocycles. The summed E-state index contributed by atoms with van der Waals surface area (Å²) >= 11 is 0. The van der Waals surface area contributed by atoms with Gasteiger partial charge in [0, 0.05) is 18.2 Å². The first-order chi connectivity index (χ1) is 10.2.